The number of aromatic nitrogens is 2. The minimum absolute atomic E-state index is 0.0414. The molecule has 1 aliphatic rings. The third kappa shape index (κ3) is 3.33. The predicted molar refractivity (Wildman–Crippen MR) is 107 cm³/mol. The van der Waals surface area contributed by atoms with Gasteiger partial charge in [0.25, 0.3) is 10.0 Å². The summed E-state index contributed by atoms with van der Waals surface area (Å²) < 4.78 is 28.2. The first-order chi connectivity index (χ1) is 13.4. The summed E-state index contributed by atoms with van der Waals surface area (Å²) >= 11 is 5.97. The van der Waals surface area contributed by atoms with E-state index < -0.39 is 16.0 Å². The fourth-order valence-electron chi connectivity index (χ4n) is 3.52. The zero-order valence-corrected chi connectivity index (χ0v) is 16.4. The van der Waals surface area contributed by atoms with Gasteiger partial charge in [0.15, 0.2) is 0 Å². The number of pyridine rings is 1. The standard InChI is InChI=1S/C19H18ClN3O4S/c20-18-7-6-17-16(22-18)11-13(2-1-3-19(24)25)23(17)28(26,27)14-4-5-15-12(10-14)8-9-21-15/h4-7,10-11,21H,1-3,8-9H2,(H,24,25). The summed E-state index contributed by atoms with van der Waals surface area (Å²) in [6, 6.07) is 9.89. The highest BCUT2D eigenvalue weighted by Crippen LogP contribution is 2.30. The predicted octanol–water partition coefficient (Wildman–Crippen LogP) is 3.30. The first kappa shape index (κ1) is 18.8. The van der Waals surface area contributed by atoms with Gasteiger partial charge in [0.2, 0.25) is 0 Å². The second kappa shape index (κ2) is 7.10. The number of hydrogen-bond donors (Lipinski definition) is 2. The fraction of sp³-hybridized carbons (Fsp3) is 0.263. The number of rotatable bonds is 6. The maximum atomic E-state index is 13.5. The molecule has 4 rings (SSSR count). The van der Waals surface area contributed by atoms with E-state index in [0.29, 0.717) is 29.6 Å². The Kier molecular flexibility index (Phi) is 4.76. The van der Waals surface area contributed by atoms with E-state index in [1.807, 2.05) is 0 Å². The number of hydrogen-bond acceptors (Lipinski definition) is 5. The number of fused-ring (bicyclic) bond motifs is 2. The van der Waals surface area contributed by atoms with Gasteiger partial charge in [-0.2, -0.15) is 0 Å². The van der Waals surface area contributed by atoms with Crippen LogP contribution in [0.5, 0.6) is 0 Å². The maximum absolute atomic E-state index is 13.5. The Morgan fingerprint density at radius 3 is 2.86 bits per heavy atom. The van der Waals surface area contributed by atoms with E-state index in [2.05, 4.69) is 10.3 Å². The number of carbonyl (C=O) groups is 1. The largest absolute Gasteiger partial charge is 0.481 e. The number of aliphatic carboxylic acids is 1. The second-order valence-electron chi connectivity index (χ2n) is 6.69. The number of aryl methyl sites for hydroxylation is 1. The van der Waals surface area contributed by atoms with Crippen molar-refractivity contribution in [2.24, 2.45) is 0 Å². The Balaban J connectivity index is 1.84. The molecule has 2 aromatic heterocycles. The molecule has 0 atom stereocenters. The molecule has 28 heavy (non-hydrogen) atoms. The van der Waals surface area contributed by atoms with Crippen molar-refractivity contribution in [3.8, 4) is 0 Å². The smallest absolute Gasteiger partial charge is 0.303 e. The van der Waals surface area contributed by atoms with Crippen LogP contribution in [0.1, 0.15) is 24.1 Å². The average molecular weight is 420 g/mol. The lowest BCUT2D eigenvalue weighted by molar-refractivity contribution is -0.137. The van der Waals surface area contributed by atoms with Gasteiger partial charge in [-0.25, -0.2) is 17.4 Å². The molecular formula is C19H18ClN3O4S. The van der Waals surface area contributed by atoms with E-state index in [9.17, 15) is 13.2 Å². The van der Waals surface area contributed by atoms with Crippen molar-refractivity contribution in [1.29, 1.82) is 0 Å². The van der Waals surface area contributed by atoms with Gasteiger partial charge in [-0.3, -0.25) is 4.79 Å². The molecule has 0 amide bonds. The van der Waals surface area contributed by atoms with E-state index >= 15 is 0 Å². The molecule has 0 spiro atoms. The molecule has 0 saturated carbocycles. The van der Waals surface area contributed by atoms with E-state index in [-0.39, 0.29) is 16.5 Å². The van der Waals surface area contributed by atoms with Gasteiger partial charge in [0, 0.05) is 24.3 Å². The molecular weight excluding hydrogens is 402 g/mol. The number of nitrogens with one attached hydrogen (secondary N) is 1. The highest BCUT2D eigenvalue weighted by molar-refractivity contribution is 7.90. The van der Waals surface area contributed by atoms with Crippen molar-refractivity contribution >= 4 is 44.3 Å². The molecule has 2 N–H and O–H groups in total. The van der Waals surface area contributed by atoms with Crippen LogP contribution in [-0.2, 0) is 27.7 Å². The van der Waals surface area contributed by atoms with Crippen LogP contribution < -0.4 is 5.32 Å². The Morgan fingerprint density at radius 1 is 1.25 bits per heavy atom. The Bertz CT molecular complexity index is 1190. The molecule has 0 fully saturated rings. The van der Waals surface area contributed by atoms with Crippen molar-refractivity contribution in [1.82, 2.24) is 8.96 Å². The van der Waals surface area contributed by atoms with Crippen LogP contribution in [0.15, 0.2) is 41.3 Å². The molecule has 0 saturated heterocycles. The highest BCUT2D eigenvalue weighted by Gasteiger charge is 2.25. The minimum Gasteiger partial charge on any atom is -0.481 e. The van der Waals surface area contributed by atoms with Crippen LogP contribution >= 0.6 is 11.6 Å². The number of carboxylic acids is 1. The lowest BCUT2D eigenvalue weighted by Gasteiger charge is -2.13. The zero-order chi connectivity index (χ0) is 19.9. The molecule has 9 heteroatoms. The van der Waals surface area contributed by atoms with Gasteiger partial charge in [0.1, 0.15) is 5.15 Å². The van der Waals surface area contributed by atoms with Crippen molar-refractivity contribution in [3.63, 3.8) is 0 Å². The van der Waals surface area contributed by atoms with Crippen molar-refractivity contribution in [2.45, 2.75) is 30.6 Å². The molecule has 7 nitrogen and oxygen atoms in total. The van der Waals surface area contributed by atoms with Crippen LogP contribution in [0.25, 0.3) is 11.0 Å². The molecule has 1 aromatic carbocycles. The lowest BCUT2D eigenvalue weighted by atomic mass is 10.2. The molecule has 3 heterocycles. The first-order valence-corrected chi connectivity index (χ1v) is 10.7. The second-order valence-corrected chi connectivity index (χ2v) is 8.86. The quantitative estimate of drug-likeness (QED) is 0.594. The minimum atomic E-state index is -3.88. The molecule has 0 bridgehead atoms. The first-order valence-electron chi connectivity index (χ1n) is 8.87. The normalized spacial score (nSPS) is 13.5. The Hall–Kier alpha value is -2.58. The summed E-state index contributed by atoms with van der Waals surface area (Å²) in [5.74, 6) is -0.919. The summed E-state index contributed by atoms with van der Waals surface area (Å²) in [7, 11) is -3.88. The van der Waals surface area contributed by atoms with Gasteiger partial charge >= 0.3 is 5.97 Å². The van der Waals surface area contributed by atoms with Crippen LogP contribution in [0.4, 0.5) is 5.69 Å². The van der Waals surface area contributed by atoms with Gasteiger partial charge in [-0.1, -0.05) is 11.6 Å². The SMILES string of the molecule is O=C(O)CCCc1cc2nc(Cl)ccc2n1S(=O)(=O)c1ccc2c(c1)CCN2. The molecule has 1 aliphatic heterocycles. The van der Waals surface area contributed by atoms with E-state index in [1.54, 1.807) is 36.4 Å². The Morgan fingerprint density at radius 2 is 2.07 bits per heavy atom. The molecule has 3 aromatic rings. The van der Waals surface area contributed by atoms with E-state index in [4.69, 9.17) is 16.7 Å². The topological polar surface area (TPSA) is 101 Å². The van der Waals surface area contributed by atoms with Gasteiger partial charge in [0.05, 0.1) is 15.9 Å². The van der Waals surface area contributed by atoms with Crippen molar-refractivity contribution in [3.05, 3.63) is 52.8 Å². The molecule has 146 valence electrons. The van der Waals surface area contributed by atoms with Gasteiger partial charge in [-0.05, 0) is 61.2 Å². The third-order valence-corrected chi connectivity index (χ3v) is 6.77. The van der Waals surface area contributed by atoms with Gasteiger partial charge < -0.3 is 10.4 Å². The number of nitrogens with zero attached hydrogens (tertiary/aromatic N) is 2. The zero-order valence-electron chi connectivity index (χ0n) is 14.9. The summed E-state index contributed by atoms with van der Waals surface area (Å²) in [5.41, 5.74) is 3.29. The summed E-state index contributed by atoms with van der Waals surface area (Å²) in [6.45, 7) is 0.786. The number of halogens is 1. The number of carboxylic acid groups (broad SMARTS) is 1. The highest BCUT2D eigenvalue weighted by atomic mass is 35.5. The van der Waals surface area contributed by atoms with Crippen LogP contribution in [0.2, 0.25) is 5.15 Å². The molecule has 0 unspecified atom stereocenters. The summed E-state index contributed by atoms with van der Waals surface area (Å²) in [4.78, 5) is 15.3. The van der Waals surface area contributed by atoms with Crippen LogP contribution in [-0.4, -0.2) is 35.0 Å². The van der Waals surface area contributed by atoms with Crippen molar-refractivity contribution < 1.29 is 18.3 Å². The summed E-state index contributed by atoms with van der Waals surface area (Å²) in [6.07, 6.45) is 1.35. The summed E-state index contributed by atoms with van der Waals surface area (Å²) in [5, 5.41) is 12.4. The number of benzene rings is 1. The van der Waals surface area contributed by atoms with E-state index in [0.717, 1.165) is 24.2 Å². The molecule has 0 aliphatic carbocycles. The Labute approximate surface area is 167 Å². The van der Waals surface area contributed by atoms with Crippen LogP contribution in [0, 0.1) is 0 Å². The van der Waals surface area contributed by atoms with E-state index in [1.165, 1.54) is 3.97 Å². The maximum Gasteiger partial charge on any atom is 0.303 e. The third-order valence-electron chi connectivity index (χ3n) is 4.80. The van der Waals surface area contributed by atoms with Crippen molar-refractivity contribution in [2.75, 3.05) is 11.9 Å². The van der Waals surface area contributed by atoms with Gasteiger partial charge in [-0.15, -0.1) is 0 Å². The van der Waals surface area contributed by atoms with Crippen LogP contribution in [0.3, 0.4) is 0 Å². The molecule has 0 radical (unpaired) electrons. The monoisotopic (exact) mass is 419 g/mol. The average Bonchev–Trinajstić information content (AvgIpc) is 3.24. The number of anilines is 1. The fourth-order valence-corrected chi connectivity index (χ4v) is 5.28. The lowest BCUT2D eigenvalue weighted by Crippen LogP contribution is -2.16.